The summed E-state index contributed by atoms with van der Waals surface area (Å²) in [5.41, 5.74) is 2.91. The molecule has 0 N–H and O–H groups in total. The lowest BCUT2D eigenvalue weighted by atomic mass is 10.2. The summed E-state index contributed by atoms with van der Waals surface area (Å²) in [6.45, 7) is 2.57. The molecule has 1 amide bonds. The van der Waals surface area contributed by atoms with Gasteiger partial charge in [-0.15, -0.1) is 0 Å². The maximum Gasteiger partial charge on any atom is 0.236 e. The number of hydrogen-bond donors (Lipinski definition) is 0. The van der Waals surface area contributed by atoms with Crippen molar-refractivity contribution in [3.05, 3.63) is 54.1 Å². The van der Waals surface area contributed by atoms with Gasteiger partial charge in [-0.3, -0.25) is 9.69 Å². The molecule has 2 aromatic rings. The van der Waals surface area contributed by atoms with Gasteiger partial charge in [0.2, 0.25) is 5.91 Å². The lowest BCUT2D eigenvalue weighted by Gasteiger charge is -2.18. The van der Waals surface area contributed by atoms with Gasteiger partial charge in [0.15, 0.2) is 0 Å². The van der Waals surface area contributed by atoms with Crippen molar-refractivity contribution in [1.82, 2.24) is 0 Å². The maximum atomic E-state index is 12.2. The minimum atomic E-state index is 0.106. The first-order chi connectivity index (χ1) is 9.29. The maximum absolute atomic E-state index is 12.2. The molecule has 0 saturated carbocycles. The van der Waals surface area contributed by atoms with E-state index in [2.05, 4.69) is 0 Å². The van der Waals surface area contributed by atoms with Gasteiger partial charge in [-0.1, -0.05) is 24.3 Å². The number of carbonyl (C=O) groups excluding carboxylic acids is 1. The Morgan fingerprint density at radius 3 is 2.84 bits per heavy atom. The van der Waals surface area contributed by atoms with Crippen LogP contribution in [0, 0.1) is 0 Å². The molecule has 0 spiro atoms. The number of carbonyl (C=O) groups is 1. The molecule has 1 aliphatic rings. The van der Waals surface area contributed by atoms with Gasteiger partial charge in [0.05, 0.1) is 24.4 Å². The van der Waals surface area contributed by atoms with Crippen LogP contribution in [-0.2, 0) is 11.2 Å². The zero-order chi connectivity index (χ0) is 13.2. The number of amides is 1. The third-order valence-electron chi connectivity index (χ3n) is 3.21. The van der Waals surface area contributed by atoms with Crippen LogP contribution in [0.4, 0.5) is 11.4 Å². The number of para-hydroxylation sites is 1. The second kappa shape index (κ2) is 4.76. The van der Waals surface area contributed by atoms with Gasteiger partial charge in [0, 0.05) is 6.07 Å². The van der Waals surface area contributed by atoms with Crippen LogP contribution in [0.15, 0.2) is 48.5 Å². The minimum absolute atomic E-state index is 0.106. The molecule has 0 aliphatic carbocycles. The molecule has 0 atom stereocenters. The van der Waals surface area contributed by atoms with E-state index in [1.165, 1.54) is 0 Å². The van der Waals surface area contributed by atoms with E-state index in [4.69, 9.17) is 4.74 Å². The van der Waals surface area contributed by atoms with Gasteiger partial charge in [0.25, 0.3) is 0 Å². The number of ether oxygens (including phenoxy) is 1. The van der Waals surface area contributed by atoms with Crippen LogP contribution in [0.25, 0.3) is 0 Å². The predicted molar refractivity (Wildman–Crippen MR) is 74.9 cm³/mol. The van der Waals surface area contributed by atoms with Crippen LogP contribution in [0.3, 0.4) is 0 Å². The average molecular weight is 253 g/mol. The van der Waals surface area contributed by atoms with E-state index in [0.717, 1.165) is 22.7 Å². The summed E-state index contributed by atoms with van der Waals surface area (Å²) >= 11 is 0. The Balaban J connectivity index is 2.02. The van der Waals surface area contributed by atoms with E-state index in [1.807, 2.05) is 55.5 Å². The standard InChI is InChI=1S/C16H15NO2/c1-2-19-14-8-5-7-13(11-14)17-15-9-4-3-6-12(15)10-16(17)18/h3-9,11H,2,10H2,1H3. The summed E-state index contributed by atoms with van der Waals surface area (Å²) in [4.78, 5) is 13.9. The normalized spacial score (nSPS) is 13.5. The number of anilines is 2. The fourth-order valence-corrected chi connectivity index (χ4v) is 2.42. The minimum Gasteiger partial charge on any atom is -0.494 e. The first kappa shape index (κ1) is 11.8. The van der Waals surface area contributed by atoms with Crippen molar-refractivity contribution >= 4 is 17.3 Å². The predicted octanol–water partition coefficient (Wildman–Crippen LogP) is 3.31. The van der Waals surface area contributed by atoms with Crippen LogP contribution in [-0.4, -0.2) is 12.5 Å². The Morgan fingerprint density at radius 2 is 2.00 bits per heavy atom. The zero-order valence-corrected chi connectivity index (χ0v) is 10.8. The fraction of sp³-hybridized carbons (Fsp3) is 0.188. The zero-order valence-electron chi connectivity index (χ0n) is 10.8. The molecule has 0 radical (unpaired) electrons. The van der Waals surface area contributed by atoms with E-state index >= 15 is 0 Å². The summed E-state index contributed by atoms with van der Waals surface area (Å²) in [6.07, 6.45) is 0.467. The second-order valence-electron chi connectivity index (χ2n) is 4.47. The summed E-state index contributed by atoms with van der Waals surface area (Å²) < 4.78 is 5.49. The lowest BCUT2D eigenvalue weighted by molar-refractivity contribution is -0.116. The lowest BCUT2D eigenvalue weighted by Crippen LogP contribution is -2.20. The molecule has 3 rings (SSSR count). The fourth-order valence-electron chi connectivity index (χ4n) is 2.42. The molecule has 1 heterocycles. The van der Waals surface area contributed by atoms with Crippen molar-refractivity contribution in [2.45, 2.75) is 13.3 Å². The van der Waals surface area contributed by atoms with Gasteiger partial charge in [0.1, 0.15) is 5.75 Å². The Morgan fingerprint density at radius 1 is 1.16 bits per heavy atom. The van der Waals surface area contributed by atoms with Crippen LogP contribution >= 0.6 is 0 Å². The van der Waals surface area contributed by atoms with Crippen LogP contribution < -0.4 is 9.64 Å². The summed E-state index contributed by atoms with van der Waals surface area (Å²) in [5, 5.41) is 0. The Kier molecular flexibility index (Phi) is 2.95. The molecule has 2 aromatic carbocycles. The third-order valence-corrected chi connectivity index (χ3v) is 3.21. The molecule has 3 heteroatoms. The summed E-state index contributed by atoms with van der Waals surface area (Å²) in [7, 11) is 0. The molecule has 19 heavy (non-hydrogen) atoms. The van der Waals surface area contributed by atoms with Gasteiger partial charge >= 0.3 is 0 Å². The molecular weight excluding hydrogens is 238 g/mol. The summed E-state index contributed by atoms with van der Waals surface area (Å²) in [6, 6.07) is 15.6. The van der Waals surface area contributed by atoms with Crippen LogP contribution in [0.5, 0.6) is 5.75 Å². The highest BCUT2D eigenvalue weighted by molar-refractivity contribution is 6.07. The van der Waals surface area contributed by atoms with Gasteiger partial charge in [-0.2, -0.15) is 0 Å². The van der Waals surface area contributed by atoms with E-state index in [-0.39, 0.29) is 5.91 Å². The van der Waals surface area contributed by atoms with Crippen LogP contribution in [0.1, 0.15) is 12.5 Å². The highest BCUT2D eigenvalue weighted by Gasteiger charge is 2.28. The smallest absolute Gasteiger partial charge is 0.236 e. The molecule has 0 fully saturated rings. The number of benzene rings is 2. The van der Waals surface area contributed by atoms with Crippen molar-refractivity contribution in [3.8, 4) is 5.75 Å². The van der Waals surface area contributed by atoms with Crippen molar-refractivity contribution in [2.24, 2.45) is 0 Å². The van der Waals surface area contributed by atoms with E-state index < -0.39 is 0 Å². The largest absolute Gasteiger partial charge is 0.494 e. The SMILES string of the molecule is CCOc1cccc(N2C(=O)Cc3ccccc32)c1. The topological polar surface area (TPSA) is 29.5 Å². The molecule has 96 valence electrons. The Bertz CT molecular complexity index is 622. The van der Waals surface area contributed by atoms with E-state index in [1.54, 1.807) is 4.90 Å². The van der Waals surface area contributed by atoms with Crippen LogP contribution in [0.2, 0.25) is 0 Å². The van der Waals surface area contributed by atoms with Crippen molar-refractivity contribution in [3.63, 3.8) is 0 Å². The molecular formula is C16H15NO2. The van der Waals surface area contributed by atoms with Gasteiger partial charge in [-0.05, 0) is 30.7 Å². The molecule has 0 aromatic heterocycles. The first-order valence-corrected chi connectivity index (χ1v) is 6.43. The van der Waals surface area contributed by atoms with E-state index in [0.29, 0.717) is 13.0 Å². The summed E-state index contributed by atoms with van der Waals surface area (Å²) in [5.74, 6) is 0.895. The molecule has 1 aliphatic heterocycles. The molecule has 0 saturated heterocycles. The highest BCUT2D eigenvalue weighted by atomic mass is 16.5. The van der Waals surface area contributed by atoms with Crippen molar-refractivity contribution in [1.29, 1.82) is 0 Å². The first-order valence-electron chi connectivity index (χ1n) is 6.43. The van der Waals surface area contributed by atoms with Gasteiger partial charge in [-0.25, -0.2) is 0 Å². The molecule has 0 unspecified atom stereocenters. The number of nitrogens with zero attached hydrogens (tertiary/aromatic N) is 1. The molecule has 0 bridgehead atoms. The number of hydrogen-bond acceptors (Lipinski definition) is 2. The third kappa shape index (κ3) is 2.08. The number of fused-ring (bicyclic) bond motifs is 1. The van der Waals surface area contributed by atoms with E-state index in [9.17, 15) is 4.79 Å². The molecule has 3 nitrogen and oxygen atoms in total. The van der Waals surface area contributed by atoms with Crippen molar-refractivity contribution in [2.75, 3.05) is 11.5 Å². The highest BCUT2D eigenvalue weighted by Crippen LogP contribution is 2.36. The average Bonchev–Trinajstić information content (AvgIpc) is 2.75. The Labute approximate surface area is 112 Å². The number of rotatable bonds is 3. The quantitative estimate of drug-likeness (QED) is 0.840. The van der Waals surface area contributed by atoms with Gasteiger partial charge < -0.3 is 4.74 Å². The second-order valence-corrected chi connectivity index (χ2v) is 4.47. The van der Waals surface area contributed by atoms with Crippen molar-refractivity contribution < 1.29 is 9.53 Å². The monoisotopic (exact) mass is 253 g/mol. The Hall–Kier alpha value is -2.29.